The van der Waals surface area contributed by atoms with Crippen LogP contribution in [0, 0.1) is 28.6 Å². The summed E-state index contributed by atoms with van der Waals surface area (Å²) in [7, 11) is 0. The van der Waals surface area contributed by atoms with Gasteiger partial charge in [-0.05, 0) is 50.2 Å². The van der Waals surface area contributed by atoms with Crippen molar-refractivity contribution in [3.8, 4) is 17.6 Å². The number of rotatable bonds is 6. The van der Waals surface area contributed by atoms with E-state index in [9.17, 15) is 5.26 Å². The summed E-state index contributed by atoms with van der Waals surface area (Å²) in [5.41, 5.74) is -0.135. The number of nitriles is 1. The first-order valence-electron chi connectivity index (χ1n) is 8.03. The molecule has 2 aliphatic carbocycles. The molecule has 3 nitrogen and oxygen atoms in total. The van der Waals surface area contributed by atoms with Gasteiger partial charge in [-0.15, -0.1) is 0 Å². The highest BCUT2D eigenvalue weighted by atomic mass is 16.5. The summed E-state index contributed by atoms with van der Waals surface area (Å²) in [6.07, 6.45) is 5.72. The smallest absolute Gasteiger partial charge is 0.161 e. The second-order valence-electron chi connectivity index (χ2n) is 6.33. The first-order valence-corrected chi connectivity index (χ1v) is 8.03. The minimum atomic E-state index is -0.135. The molecular weight excluding hydrogens is 262 g/mol. The van der Waals surface area contributed by atoms with Gasteiger partial charge in [-0.25, -0.2) is 0 Å². The predicted octanol–water partition coefficient (Wildman–Crippen LogP) is 4.18. The number of benzene rings is 1. The molecule has 2 fully saturated rings. The zero-order chi connectivity index (χ0) is 14.7. The maximum absolute atomic E-state index is 9.64. The summed E-state index contributed by atoms with van der Waals surface area (Å²) in [5.74, 6) is 2.96. The van der Waals surface area contributed by atoms with Gasteiger partial charge in [-0.2, -0.15) is 5.26 Å². The molecule has 0 N–H and O–H groups in total. The molecule has 2 saturated carbocycles. The lowest BCUT2D eigenvalue weighted by atomic mass is 9.72. The minimum Gasteiger partial charge on any atom is -0.490 e. The molecule has 0 aliphatic heterocycles. The number of hydrogen-bond donors (Lipinski definition) is 0. The lowest BCUT2D eigenvalue weighted by Crippen LogP contribution is -2.28. The van der Waals surface area contributed by atoms with Crippen molar-refractivity contribution in [2.75, 3.05) is 13.2 Å². The van der Waals surface area contributed by atoms with Crippen molar-refractivity contribution in [1.29, 1.82) is 5.26 Å². The van der Waals surface area contributed by atoms with E-state index < -0.39 is 0 Å². The van der Waals surface area contributed by atoms with E-state index in [1.165, 1.54) is 19.3 Å². The molecule has 2 bridgehead atoms. The molecule has 2 aliphatic rings. The fraction of sp³-hybridized carbons (Fsp3) is 0.611. The van der Waals surface area contributed by atoms with Crippen LogP contribution in [0.25, 0.3) is 0 Å². The summed E-state index contributed by atoms with van der Waals surface area (Å²) in [4.78, 5) is 0. The van der Waals surface area contributed by atoms with Crippen LogP contribution in [-0.2, 0) is 0 Å². The van der Waals surface area contributed by atoms with Crippen LogP contribution in [0.5, 0.6) is 11.5 Å². The van der Waals surface area contributed by atoms with E-state index in [0.29, 0.717) is 19.1 Å². The van der Waals surface area contributed by atoms with E-state index in [1.54, 1.807) is 0 Å². The zero-order valence-corrected chi connectivity index (χ0v) is 12.7. The molecule has 0 spiro atoms. The van der Waals surface area contributed by atoms with Gasteiger partial charge in [0.25, 0.3) is 0 Å². The highest BCUT2D eigenvalue weighted by Gasteiger charge is 2.51. The van der Waals surface area contributed by atoms with E-state index in [2.05, 4.69) is 6.07 Å². The van der Waals surface area contributed by atoms with Gasteiger partial charge in [0.05, 0.1) is 24.7 Å². The summed E-state index contributed by atoms with van der Waals surface area (Å²) in [6.45, 7) is 3.20. The molecule has 0 aromatic heterocycles. The SMILES string of the molecule is CCOc1ccccc1OCCC1(C#N)CC2CCC1C2. The molecular formula is C18H23NO2. The zero-order valence-electron chi connectivity index (χ0n) is 12.7. The number of nitrogens with zero attached hydrogens (tertiary/aromatic N) is 1. The molecule has 112 valence electrons. The van der Waals surface area contributed by atoms with Gasteiger partial charge in [0.2, 0.25) is 0 Å². The van der Waals surface area contributed by atoms with Crippen molar-refractivity contribution in [2.24, 2.45) is 17.3 Å². The highest BCUT2D eigenvalue weighted by molar-refractivity contribution is 5.39. The molecule has 1 aromatic rings. The maximum atomic E-state index is 9.64. The number of para-hydroxylation sites is 2. The Bertz CT molecular complexity index is 536. The highest BCUT2D eigenvalue weighted by Crippen LogP contribution is 2.57. The lowest BCUT2D eigenvalue weighted by Gasteiger charge is -2.30. The average Bonchev–Trinajstić information content (AvgIpc) is 3.10. The third-order valence-electron chi connectivity index (χ3n) is 5.15. The number of fused-ring (bicyclic) bond motifs is 2. The third kappa shape index (κ3) is 2.72. The summed E-state index contributed by atoms with van der Waals surface area (Å²) < 4.78 is 11.5. The second-order valence-corrected chi connectivity index (χ2v) is 6.33. The fourth-order valence-electron chi connectivity index (χ4n) is 4.13. The largest absolute Gasteiger partial charge is 0.490 e. The van der Waals surface area contributed by atoms with Crippen LogP contribution in [0.4, 0.5) is 0 Å². The first-order chi connectivity index (χ1) is 10.3. The van der Waals surface area contributed by atoms with Crippen molar-refractivity contribution in [2.45, 2.75) is 39.0 Å². The molecule has 3 unspecified atom stereocenters. The monoisotopic (exact) mass is 285 g/mol. The Kier molecular flexibility index (Phi) is 4.05. The molecule has 1 aromatic carbocycles. The normalized spacial score (nSPS) is 30.1. The molecule has 0 heterocycles. The second kappa shape index (κ2) is 5.97. The van der Waals surface area contributed by atoms with Crippen molar-refractivity contribution < 1.29 is 9.47 Å². The van der Waals surface area contributed by atoms with Crippen LogP contribution in [0.1, 0.15) is 39.0 Å². The Morgan fingerprint density at radius 2 is 2.00 bits per heavy atom. The quantitative estimate of drug-likeness (QED) is 0.787. The van der Waals surface area contributed by atoms with Gasteiger partial charge in [-0.1, -0.05) is 18.6 Å². The van der Waals surface area contributed by atoms with Crippen molar-refractivity contribution >= 4 is 0 Å². The Labute approximate surface area is 126 Å². The van der Waals surface area contributed by atoms with Gasteiger partial charge in [0, 0.05) is 6.42 Å². The van der Waals surface area contributed by atoms with Crippen molar-refractivity contribution in [3.05, 3.63) is 24.3 Å². The summed E-state index contributed by atoms with van der Waals surface area (Å²) >= 11 is 0. The van der Waals surface area contributed by atoms with Gasteiger partial charge in [0.1, 0.15) is 0 Å². The maximum Gasteiger partial charge on any atom is 0.161 e. The van der Waals surface area contributed by atoms with Crippen LogP contribution in [0.3, 0.4) is 0 Å². The Balaban J connectivity index is 1.60. The van der Waals surface area contributed by atoms with E-state index in [1.807, 2.05) is 31.2 Å². The average molecular weight is 285 g/mol. The van der Waals surface area contributed by atoms with E-state index >= 15 is 0 Å². The molecule has 21 heavy (non-hydrogen) atoms. The molecule has 0 amide bonds. The lowest BCUT2D eigenvalue weighted by molar-refractivity contribution is 0.172. The Morgan fingerprint density at radius 1 is 1.24 bits per heavy atom. The Hall–Kier alpha value is -1.69. The van der Waals surface area contributed by atoms with Gasteiger partial charge in [0.15, 0.2) is 11.5 Å². The van der Waals surface area contributed by atoms with Crippen molar-refractivity contribution in [1.82, 2.24) is 0 Å². The third-order valence-corrected chi connectivity index (χ3v) is 5.15. The number of ether oxygens (including phenoxy) is 2. The van der Waals surface area contributed by atoms with Crippen molar-refractivity contribution in [3.63, 3.8) is 0 Å². The predicted molar refractivity (Wildman–Crippen MR) is 81.2 cm³/mol. The molecule has 3 heteroatoms. The van der Waals surface area contributed by atoms with Gasteiger partial charge in [-0.3, -0.25) is 0 Å². The minimum absolute atomic E-state index is 0.135. The van der Waals surface area contributed by atoms with Gasteiger partial charge >= 0.3 is 0 Å². The number of hydrogen-bond acceptors (Lipinski definition) is 3. The van der Waals surface area contributed by atoms with Crippen LogP contribution in [0.2, 0.25) is 0 Å². The molecule has 3 atom stereocenters. The fourth-order valence-corrected chi connectivity index (χ4v) is 4.13. The van der Waals surface area contributed by atoms with E-state index in [-0.39, 0.29) is 5.41 Å². The van der Waals surface area contributed by atoms with E-state index in [4.69, 9.17) is 9.47 Å². The molecule has 0 saturated heterocycles. The Morgan fingerprint density at radius 3 is 2.57 bits per heavy atom. The van der Waals surface area contributed by atoms with Crippen LogP contribution >= 0.6 is 0 Å². The topological polar surface area (TPSA) is 42.2 Å². The molecule has 3 rings (SSSR count). The summed E-state index contributed by atoms with van der Waals surface area (Å²) in [5, 5.41) is 9.64. The summed E-state index contributed by atoms with van der Waals surface area (Å²) in [6, 6.07) is 10.4. The van der Waals surface area contributed by atoms with Crippen LogP contribution in [0.15, 0.2) is 24.3 Å². The van der Waals surface area contributed by atoms with Gasteiger partial charge < -0.3 is 9.47 Å². The standard InChI is InChI=1S/C18H23NO2/c1-2-20-16-5-3-4-6-17(16)21-10-9-18(13-19)12-14-7-8-15(18)11-14/h3-6,14-15H,2,7-12H2,1H3. The van der Waals surface area contributed by atoms with E-state index in [0.717, 1.165) is 30.3 Å². The first kappa shape index (κ1) is 14.3. The molecule has 0 radical (unpaired) electrons. The van der Waals surface area contributed by atoms with Crippen LogP contribution < -0.4 is 9.47 Å². The van der Waals surface area contributed by atoms with Crippen LogP contribution in [-0.4, -0.2) is 13.2 Å².